The van der Waals surface area contributed by atoms with Crippen molar-refractivity contribution in [1.82, 2.24) is 15.0 Å². The second kappa shape index (κ2) is 4.34. The Morgan fingerprint density at radius 2 is 1.83 bits per heavy atom. The number of rotatable bonds is 1. The normalized spacial score (nSPS) is 10.7. The number of hydrogen-bond acceptors (Lipinski definition) is 4. The second-order valence-electron chi connectivity index (χ2n) is 3.82. The minimum Gasteiger partial charge on any atom is -0.383 e. The van der Waals surface area contributed by atoms with Crippen molar-refractivity contribution in [2.75, 3.05) is 5.73 Å². The quantitative estimate of drug-likeness (QED) is 0.750. The van der Waals surface area contributed by atoms with E-state index in [1.54, 1.807) is 6.20 Å². The highest BCUT2D eigenvalue weighted by Crippen LogP contribution is 2.21. The molecular formula is C13H9BrN4. The zero-order valence-electron chi connectivity index (χ0n) is 9.34. The molecule has 4 nitrogen and oxygen atoms in total. The smallest absolute Gasteiger partial charge is 0.180 e. The second-order valence-corrected chi connectivity index (χ2v) is 4.67. The van der Waals surface area contributed by atoms with Crippen molar-refractivity contribution >= 4 is 32.7 Å². The third kappa shape index (κ3) is 1.93. The lowest BCUT2D eigenvalue weighted by Crippen LogP contribution is -1.97. The Morgan fingerprint density at radius 1 is 1.00 bits per heavy atom. The van der Waals surface area contributed by atoms with Gasteiger partial charge in [0, 0.05) is 11.6 Å². The summed E-state index contributed by atoms with van der Waals surface area (Å²) in [7, 11) is 0. The maximum Gasteiger partial charge on any atom is 0.180 e. The average molecular weight is 301 g/mol. The number of hydrogen-bond donors (Lipinski definition) is 1. The predicted octanol–water partition coefficient (Wildman–Crippen LogP) is 3.04. The Balaban J connectivity index is 2.16. The molecule has 0 aliphatic heterocycles. The summed E-state index contributed by atoms with van der Waals surface area (Å²) in [6.45, 7) is 0. The van der Waals surface area contributed by atoms with Crippen LogP contribution >= 0.6 is 15.9 Å². The predicted molar refractivity (Wildman–Crippen MR) is 74.9 cm³/mol. The maximum absolute atomic E-state index is 5.74. The van der Waals surface area contributed by atoms with Gasteiger partial charge in [-0.2, -0.15) is 0 Å². The van der Waals surface area contributed by atoms with Crippen LogP contribution in [-0.2, 0) is 0 Å². The van der Waals surface area contributed by atoms with E-state index in [1.165, 1.54) is 0 Å². The molecule has 0 saturated heterocycles. The van der Waals surface area contributed by atoms with Gasteiger partial charge in [-0.3, -0.25) is 0 Å². The summed E-state index contributed by atoms with van der Waals surface area (Å²) in [5.74, 6) is 0.941. The molecular weight excluding hydrogens is 292 g/mol. The molecule has 1 aromatic carbocycles. The summed E-state index contributed by atoms with van der Waals surface area (Å²) in [6, 6.07) is 11.8. The molecule has 0 spiro atoms. The van der Waals surface area contributed by atoms with Gasteiger partial charge in [-0.15, -0.1) is 0 Å². The van der Waals surface area contributed by atoms with E-state index >= 15 is 0 Å². The topological polar surface area (TPSA) is 64.7 Å². The van der Waals surface area contributed by atoms with Crippen LogP contribution in [0.15, 0.2) is 47.1 Å². The third-order valence-electron chi connectivity index (χ3n) is 2.60. The lowest BCUT2D eigenvalue weighted by atomic mass is 10.2. The summed E-state index contributed by atoms with van der Waals surface area (Å²) >= 11 is 3.27. The van der Waals surface area contributed by atoms with Gasteiger partial charge >= 0.3 is 0 Å². The van der Waals surface area contributed by atoms with E-state index in [-0.39, 0.29) is 0 Å². The third-order valence-corrected chi connectivity index (χ3v) is 3.21. The van der Waals surface area contributed by atoms with E-state index in [1.807, 2.05) is 36.4 Å². The van der Waals surface area contributed by atoms with E-state index in [4.69, 9.17) is 5.73 Å². The van der Waals surface area contributed by atoms with Gasteiger partial charge in [-0.25, -0.2) is 15.0 Å². The summed E-state index contributed by atoms with van der Waals surface area (Å²) in [5, 5.41) is 1.09. The molecule has 3 aromatic rings. The number of halogens is 1. The number of aromatic nitrogens is 3. The Bertz CT molecular complexity index is 727. The number of benzene rings is 1. The van der Waals surface area contributed by atoms with E-state index in [2.05, 4.69) is 30.9 Å². The number of nitrogen functional groups attached to an aromatic ring is 1. The van der Waals surface area contributed by atoms with Crippen LogP contribution in [0.1, 0.15) is 0 Å². The summed E-state index contributed by atoms with van der Waals surface area (Å²) in [4.78, 5) is 12.9. The van der Waals surface area contributed by atoms with E-state index < -0.39 is 0 Å². The standard InChI is InChI=1S/C13H9BrN4/c14-9-7-16-13(18-12(9)15)11-6-5-8-3-1-2-4-10(8)17-11/h1-7H,(H2,15,16,18). The first-order valence-electron chi connectivity index (χ1n) is 5.38. The van der Waals surface area contributed by atoms with Gasteiger partial charge in [0.2, 0.25) is 0 Å². The van der Waals surface area contributed by atoms with Crippen molar-refractivity contribution in [3.05, 3.63) is 47.1 Å². The Kier molecular flexibility index (Phi) is 2.68. The molecule has 0 amide bonds. The van der Waals surface area contributed by atoms with Crippen LogP contribution < -0.4 is 5.73 Å². The molecule has 0 fully saturated rings. The molecule has 0 aliphatic rings. The molecule has 0 bridgehead atoms. The van der Waals surface area contributed by atoms with Crippen LogP contribution in [0.2, 0.25) is 0 Å². The number of anilines is 1. The van der Waals surface area contributed by atoms with E-state index in [0.29, 0.717) is 21.8 Å². The zero-order valence-corrected chi connectivity index (χ0v) is 10.9. The Labute approximate surface area is 112 Å². The molecule has 0 unspecified atom stereocenters. The largest absolute Gasteiger partial charge is 0.383 e. The van der Waals surface area contributed by atoms with Crippen molar-refractivity contribution in [3.63, 3.8) is 0 Å². The lowest BCUT2D eigenvalue weighted by Gasteiger charge is -2.03. The van der Waals surface area contributed by atoms with Gasteiger partial charge in [-0.05, 0) is 28.1 Å². The van der Waals surface area contributed by atoms with Crippen LogP contribution in [0.25, 0.3) is 22.4 Å². The summed E-state index contributed by atoms with van der Waals surface area (Å²) in [5.41, 5.74) is 7.38. The summed E-state index contributed by atoms with van der Waals surface area (Å²) in [6.07, 6.45) is 1.63. The monoisotopic (exact) mass is 300 g/mol. The molecule has 2 heterocycles. The molecule has 0 saturated carbocycles. The Hall–Kier alpha value is -2.01. The highest BCUT2D eigenvalue weighted by molar-refractivity contribution is 9.10. The van der Waals surface area contributed by atoms with Crippen molar-refractivity contribution in [1.29, 1.82) is 0 Å². The number of pyridine rings is 1. The van der Waals surface area contributed by atoms with Crippen LogP contribution in [0.4, 0.5) is 5.82 Å². The van der Waals surface area contributed by atoms with Crippen molar-refractivity contribution in [2.24, 2.45) is 0 Å². The van der Waals surface area contributed by atoms with Gasteiger partial charge < -0.3 is 5.73 Å². The number of nitrogens with zero attached hydrogens (tertiary/aromatic N) is 3. The first-order valence-corrected chi connectivity index (χ1v) is 6.17. The van der Waals surface area contributed by atoms with Gasteiger partial charge in [0.25, 0.3) is 0 Å². The fourth-order valence-electron chi connectivity index (χ4n) is 1.69. The lowest BCUT2D eigenvalue weighted by molar-refractivity contribution is 1.15. The van der Waals surface area contributed by atoms with Gasteiger partial charge in [0.05, 0.1) is 9.99 Å². The van der Waals surface area contributed by atoms with E-state index in [0.717, 1.165) is 10.9 Å². The van der Waals surface area contributed by atoms with Crippen LogP contribution in [0.3, 0.4) is 0 Å². The molecule has 3 rings (SSSR count). The first-order chi connectivity index (χ1) is 8.74. The fourth-order valence-corrected chi connectivity index (χ4v) is 1.89. The molecule has 2 N–H and O–H groups in total. The molecule has 0 aliphatic carbocycles. The highest BCUT2D eigenvalue weighted by Gasteiger charge is 2.06. The molecule has 5 heteroatoms. The molecule has 88 valence electrons. The van der Waals surface area contributed by atoms with Crippen LogP contribution in [0.5, 0.6) is 0 Å². The van der Waals surface area contributed by atoms with E-state index in [9.17, 15) is 0 Å². The molecule has 2 aromatic heterocycles. The average Bonchev–Trinajstić information content (AvgIpc) is 2.41. The van der Waals surface area contributed by atoms with Gasteiger partial charge in [0.1, 0.15) is 11.5 Å². The number of fused-ring (bicyclic) bond motifs is 1. The number of para-hydroxylation sites is 1. The molecule has 18 heavy (non-hydrogen) atoms. The SMILES string of the molecule is Nc1nc(-c2ccc3ccccc3n2)ncc1Br. The highest BCUT2D eigenvalue weighted by atomic mass is 79.9. The Morgan fingerprint density at radius 3 is 2.67 bits per heavy atom. The fraction of sp³-hybridized carbons (Fsp3) is 0. The minimum absolute atomic E-state index is 0.412. The van der Waals surface area contributed by atoms with Crippen molar-refractivity contribution in [2.45, 2.75) is 0 Å². The maximum atomic E-state index is 5.74. The zero-order chi connectivity index (χ0) is 12.5. The molecule has 0 atom stereocenters. The first kappa shape index (κ1) is 11.1. The summed E-state index contributed by atoms with van der Waals surface area (Å²) < 4.78 is 0.687. The van der Waals surface area contributed by atoms with Crippen molar-refractivity contribution in [3.8, 4) is 11.5 Å². The van der Waals surface area contributed by atoms with Gasteiger partial charge in [0.15, 0.2) is 5.82 Å². The van der Waals surface area contributed by atoms with Crippen molar-refractivity contribution < 1.29 is 0 Å². The molecule has 0 radical (unpaired) electrons. The van der Waals surface area contributed by atoms with Gasteiger partial charge in [-0.1, -0.05) is 24.3 Å². The van der Waals surface area contributed by atoms with Crippen LogP contribution in [-0.4, -0.2) is 15.0 Å². The minimum atomic E-state index is 0.412. The van der Waals surface area contributed by atoms with Crippen LogP contribution in [0, 0.1) is 0 Å². The number of nitrogens with two attached hydrogens (primary N) is 1.